The lowest BCUT2D eigenvalue weighted by Gasteiger charge is -2.35. The highest BCUT2D eigenvalue weighted by molar-refractivity contribution is 5.79. The number of aliphatic imine (C=N–C) groups is 1. The van der Waals surface area contributed by atoms with Gasteiger partial charge in [-0.05, 0) is 45.6 Å². The maximum absolute atomic E-state index is 4.28. The molecule has 1 atom stereocenters. The van der Waals surface area contributed by atoms with E-state index in [1.54, 1.807) is 0 Å². The molecule has 1 aliphatic rings. The summed E-state index contributed by atoms with van der Waals surface area (Å²) < 4.78 is 0. The summed E-state index contributed by atoms with van der Waals surface area (Å²) in [7, 11) is 1.85. The first-order valence-corrected chi connectivity index (χ1v) is 7.86. The lowest BCUT2D eigenvalue weighted by Crippen LogP contribution is -2.46. The summed E-state index contributed by atoms with van der Waals surface area (Å²) >= 11 is 0. The van der Waals surface area contributed by atoms with Gasteiger partial charge in [-0.2, -0.15) is 0 Å². The Bertz CT molecular complexity index is 263. The van der Waals surface area contributed by atoms with Gasteiger partial charge in [-0.3, -0.25) is 4.99 Å². The number of likely N-dealkylation sites (tertiary alicyclic amines) is 1. The predicted molar refractivity (Wildman–Crippen MR) is 83.7 cm³/mol. The van der Waals surface area contributed by atoms with Crippen LogP contribution in [0, 0.1) is 5.92 Å². The molecular weight excluding hydrogens is 236 g/mol. The standard InChI is InChI=1S/C15H32N4/c1-5-6-9-17-15(16-4)18-11-14-8-7-10-19(12-14)13(2)3/h13-14H,5-12H2,1-4H3,(H2,16,17,18). The maximum Gasteiger partial charge on any atom is 0.190 e. The van der Waals surface area contributed by atoms with E-state index in [1.165, 1.54) is 38.8 Å². The third-order valence-electron chi connectivity index (χ3n) is 3.89. The molecule has 0 saturated carbocycles. The van der Waals surface area contributed by atoms with Crippen molar-refractivity contribution in [2.75, 3.05) is 33.2 Å². The van der Waals surface area contributed by atoms with Crippen molar-refractivity contribution in [3.63, 3.8) is 0 Å². The molecule has 0 radical (unpaired) electrons. The molecule has 0 aromatic heterocycles. The summed E-state index contributed by atoms with van der Waals surface area (Å²) in [6, 6.07) is 0.671. The van der Waals surface area contributed by atoms with E-state index in [1.807, 2.05) is 7.05 Å². The molecule has 112 valence electrons. The number of nitrogens with one attached hydrogen (secondary N) is 2. The van der Waals surface area contributed by atoms with Crippen LogP contribution in [0.25, 0.3) is 0 Å². The number of nitrogens with zero attached hydrogens (tertiary/aromatic N) is 2. The molecule has 0 spiro atoms. The van der Waals surface area contributed by atoms with Gasteiger partial charge in [-0.25, -0.2) is 0 Å². The lowest BCUT2D eigenvalue weighted by molar-refractivity contribution is 0.141. The molecule has 0 amide bonds. The van der Waals surface area contributed by atoms with Crippen LogP contribution in [0.3, 0.4) is 0 Å². The molecule has 0 aromatic rings. The van der Waals surface area contributed by atoms with Gasteiger partial charge in [0.15, 0.2) is 5.96 Å². The van der Waals surface area contributed by atoms with Crippen LogP contribution in [-0.2, 0) is 0 Å². The fraction of sp³-hybridized carbons (Fsp3) is 0.933. The first kappa shape index (κ1) is 16.3. The van der Waals surface area contributed by atoms with Gasteiger partial charge in [0.1, 0.15) is 0 Å². The zero-order valence-electron chi connectivity index (χ0n) is 13.2. The van der Waals surface area contributed by atoms with Crippen LogP contribution in [-0.4, -0.2) is 50.1 Å². The first-order valence-electron chi connectivity index (χ1n) is 7.86. The van der Waals surface area contributed by atoms with Gasteiger partial charge in [0.05, 0.1) is 0 Å². The Hall–Kier alpha value is -0.770. The number of piperidine rings is 1. The number of guanidine groups is 1. The van der Waals surface area contributed by atoms with Crippen LogP contribution in [0.1, 0.15) is 46.5 Å². The van der Waals surface area contributed by atoms with Gasteiger partial charge in [0, 0.05) is 32.7 Å². The van der Waals surface area contributed by atoms with Crippen LogP contribution in [0.4, 0.5) is 0 Å². The number of rotatable bonds is 6. The molecule has 19 heavy (non-hydrogen) atoms. The highest BCUT2D eigenvalue weighted by Crippen LogP contribution is 2.17. The summed E-state index contributed by atoms with van der Waals surface area (Å²) in [5.74, 6) is 1.70. The molecule has 0 aliphatic carbocycles. The SMILES string of the molecule is CCCCNC(=NC)NCC1CCCN(C(C)C)C1. The fourth-order valence-electron chi connectivity index (χ4n) is 2.58. The Morgan fingerprint density at radius 1 is 1.37 bits per heavy atom. The molecule has 1 heterocycles. The minimum atomic E-state index is 0.671. The van der Waals surface area contributed by atoms with Gasteiger partial charge < -0.3 is 15.5 Å². The van der Waals surface area contributed by atoms with Crippen molar-refractivity contribution in [1.29, 1.82) is 0 Å². The van der Waals surface area contributed by atoms with E-state index >= 15 is 0 Å². The minimum Gasteiger partial charge on any atom is -0.356 e. The summed E-state index contributed by atoms with van der Waals surface area (Å²) in [6.07, 6.45) is 5.08. The van der Waals surface area contributed by atoms with Crippen LogP contribution in [0.15, 0.2) is 4.99 Å². The zero-order chi connectivity index (χ0) is 14.1. The lowest BCUT2D eigenvalue weighted by atomic mass is 9.97. The second kappa shape index (κ2) is 9.18. The average molecular weight is 268 g/mol. The summed E-state index contributed by atoms with van der Waals surface area (Å²) in [5, 5.41) is 6.84. The largest absolute Gasteiger partial charge is 0.356 e. The molecule has 1 aliphatic heterocycles. The van der Waals surface area contributed by atoms with Gasteiger partial charge in [0.25, 0.3) is 0 Å². The molecule has 4 nitrogen and oxygen atoms in total. The molecular formula is C15H32N4. The second-order valence-electron chi connectivity index (χ2n) is 5.83. The molecule has 1 saturated heterocycles. The molecule has 4 heteroatoms. The quantitative estimate of drug-likeness (QED) is 0.440. The van der Waals surface area contributed by atoms with Gasteiger partial charge in [-0.15, -0.1) is 0 Å². The molecule has 1 fully saturated rings. The summed E-state index contributed by atoms with van der Waals surface area (Å²) in [6.45, 7) is 11.3. The topological polar surface area (TPSA) is 39.7 Å². The average Bonchev–Trinajstić information content (AvgIpc) is 2.43. The third-order valence-corrected chi connectivity index (χ3v) is 3.89. The van der Waals surface area contributed by atoms with E-state index in [-0.39, 0.29) is 0 Å². The van der Waals surface area contributed by atoms with Crippen molar-refractivity contribution in [1.82, 2.24) is 15.5 Å². The predicted octanol–water partition coefficient (Wildman–Crippen LogP) is 2.07. The summed E-state index contributed by atoms with van der Waals surface area (Å²) in [5.41, 5.74) is 0. The normalized spacial score (nSPS) is 21.7. The smallest absolute Gasteiger partial charge is 0.190 e. The van der Waals surface area contributed by atoms with Gasteiger partial charge >= 0.3 is 0 Å². The number of hydrogen-bond acceptors (Lipinski definition) is 2. The third kappa shape index (κ3) is 6.28. The van der Waals surface area contributed by atoms with Crippen molar-refractivity contribution in [3.8, 4) is 0 Å². The van der Waals surface area contributed by atoms with E-state index in [2.05, 4.69) is 41.3 Å². The second-order valence-corrected chi connectivity index (χ2v) is 5.83. The van der Waals surface area contributed by atoms with Crippen molar-refractivity contribution >= 4 is 5.96 Å². The Labute approximate surface area is 119 Å². The minimum absolute atomic E-state index is 0.671. The Morgan fingerprint density at radius 3 is 2.79 bits per heavy atom. The monoisotopic (exact) mass is 268 g/mol. The Morgan fingerprint density at radius 2 is 2.16 bits per heavy atom. The molecule has 0 bridgehead atoms. The van der Waals surface area contributed by atoms with Crippen LogP contribution in [0.2, 0.25) is 0 Å². The first-order chi connectivity index (χ1) is 9.17. The van der Waals surface area contributed by atoms with Crippen LogP contribution < -0.4 is 10.6 Å². The Balaban J connectivity index is 2.26. The van der Waals surface area contributed by atoms with Crippen LogP contribution >= 0.6 is 0 Å². The van der Waals surface area contributed by atoms with Crippen molar-refractivity contribution in [3.05, 3.63) is 0 Å². The van der Waals surface area contributed by atoms with E-state index in [0.29, 0.717) is 6.04 Å². The zero-order valence-corrected chi connectivity index (χ0v) is 13.2. The van der Waals surface area contributed by atoms with Crippen molar-refractivity contribution in [2.45, 2.75) is 52.5 Å². The molecule has 1 rings (SSSR count). The molecule has 1 unspecified atom stereocenters. The molecule has 0 aromatic carbocycles. The van der Waals surface area contributed by atoms with E-state index in [9.17, 15) is 0 Å². The highest BCUT2D eigenvalue weighted by atomic mass is 15.2. The number of unbranched alkanes of at least 4 members (excludes halogenated alkanes) is 1. The van der Waals surface area contributed by atoms with Crippen molar-refractivity contribution in [2.24, 2.45) is 10.9 Å². The van der Waals surface area contributed by atoms with Gasteiger partial charge in [0.2, 0.25) is 0 Å². The van der Waals surface area contributed by atoms with Crippen molar-refractivity contribution < 1.29 is 0 Å². The van der Waals surface area contributed by atoms with E-state index < -0.39 is 0 Å². The van der Waals surface area contributed by atoms with E-state index in [4.69, 9.17) is 0 Å². The highest BCUT2D eigenvalue weighted by Gasteiger charge is 2.21. The fourth-order valence-corrected chi connectivity index (χ4v) is 2.58. The van der Waals surface area contributed by atoms with Gasteiger partial charge in [-0.1, -0.05) is 13.3 Å². The maximum atomic E-state index is 4.28. The molecule has 2 N–H and O–H groups in total. The Kier molecular flexibility index (Phi) is 7.87. The number of hydrogen-bond donors (Lipinski definition) is 2. The van der Waals surface area contributed by atoms with E-state index in [0.717, 1.165) is 25.0 Å². The summed E-state index contributed by atoms with van der Waals surface area (Å²) in [4.78, 5) is 6.87. The van der Waals surface area contributed by atoms with Crippen LogP contribution in [0.5, 0.6) is 0 Å².